The number of hydrogen-bond acceptors (Lipinski definition) is 0. The summed E-state index contributed by atoms with van der Waals surface area (Å²) >= 11 is 0. The molecule has 0 spiro atoms. The van der Waals surface area contributed by atoms with Crippen LogP contribution in [0, 0.1) is 11.3 Å². The minimum absolute atomic E-state index is 0.205. The van der Waals surface area contributed by atoms with E-state index in [-0.39, 0.29) is 11.2 Å². The van der Waals surface area contributed by atoms with Crippen LogP contribution < -0.4 is 0 Å². The van der Waals surface area contributed by atoms with Crippen molar-refractivity contribution in [1.29, 1.82) is 0 Å². The standard InChI is InChI=1S/C13H20F2/c1-6-10-11(14)7-9(12(2,3)4)8-13(10,5)15/h7-8,10H,6H2,1-5H3. The monoisotopic (exact) mass is 214 g/mol. The molecule has 0 aromatic heterocycles. The lowest BCUT2D eigenvalue weighted by Crippen LogP contribution is -2.32. The predicted molar refractivity (Wildman–Crippen MR) is 60.0 cm³/mol. The van der Waals surface area contributed by atoms with Crippen molar-refractivity contribution in [3.05, 3.63) is 23.6 Å². The van der Waals surface area contributed by atoms with Crippen LogP contribution >= 0.6 is 0 Å². The van der Waals surface area contributed by atoms with Crippen LogP contribution in [0.3, 0.4) is 0 Å². The second kappa shape index (κ2) is 3.73. The first kappa shape index (κ1) is 12.4. The van der Waals surface area contributed by atoms with E-state index in [2.05, 4.69) is 0 Å². The maximum atomic E-state index is 14.2. The first-order chi connectivity index (χ1) is 6.68. The zero-order valence-electron chi connectivity index (χ0n) is 10.2. The summed E-state index contributed by atoms with van der Waals surface area (Å²) in [7, 11) is 0. The van der Waals surface area contributed by atoms with Crippen LogP contribution in [0.2, 0.25) is 0 Å². The van der Waals surface area contributed by atoms with Crippen LogP contribution in [0.1, 0.15) is 41.0 Å². The summed E-state index contributed by atoms with van der Waals surface area (Å²) in [6.45, 7) is 9.16. The fourth-order valence-corrected chi connectivity index (χ4v) is 1.99. The van der Waals surface area contributed by atoms with E-state index < -0.39 is 11.6 Å². The molecule has 1 aliphatic carbocycles. The van der Waals surface area contributed by atoms with Gasteiger partial charge in [0, 0.05) is 5.92 Å². The average Bonchev–Trinajstić information content (AvgIpc) is 1.99. The van der Waals surface area contributed by atoms with Crippen LogP contribution in [-0.4, -0.2) is 5.67 Å². The first-order valence-corrected chi connectivity index (χ1v) is 5.48. The molecule has 1 aliphatic rings. The van der Waals surface area contributed by atoms with Gasteiger partial charge in [0.15, 0.2) is 0 Å². The summed E-state index contributed by atoms with van der Waals surface area (Å²) < 4.78 is 27.9. The Morgan fingerprint density at radius 2 is 1.93 bits per heavy atom. The number of hydrogen-bond donors (Lipinski definition) is 0. The van der Waals surface area contributed by atoms with Crippen LogP contribution in [0.15, 0.2) is 23.6 Å². The molecule has 0 aromatic carbocycles. The number of rotatable bonds is 1. The first-order valence-electron chi connectivity index (χ1n) is 5.48. The zero-order chi connectivity index (χ0) is 11.9. The second-order valence-corrected chi connectivity index (χ2v) is 5.49. The van der Waals surface area contributed by atoms with Crippen molar-refractivity contribution >= 4 is 0 Å². The summed E-state index contributed by atoms with van der Waals surface area (Å²) in [5.74, 6) is -0.946. The highest BCUT2D eigenvalue weighted by atomic mass is 19.1. The summed E-state index contributed by atoms with van der Waals surface area (Å²) in [5.41, 5.74) is -1.02. The smallest absolute Gasteiger partial charge is 0.136 e. The molecule has 2 unspecified atom stereocenters. The van der Waals surface area contributed by atoms with Crippen LogP contribution in [0.25, 0.3) is 0 Å². The van der Waals surface area contributed by atoms with Gasteiger partial charge in [-0.1, -0.05) is 27.7 Å². The van der Waals surface area contributed by atoms with Gasteiger partial charge in [0.2, 0.25) is 0 Å². The molecule has 0 nitrogen and oxygen atoms in total. The summed E-state index contributed by atoms with van der Waals surface area (Å²) in [4.78, 5) is 0. The van der Waals surface area contributed by atoms with E-state index >= 15 is 0 Å². The van der Waals surface area contributed by atoms with E-state index in [1.54, 1.807) is 6.08 Å². The molecule has 0 radical (unpaired) electrons. The minimum atomic E-state index is -1.56. The molecule has 0 saturated carbocycles. The molecule has 0 N–H and O–H groups in total. The Balaban J connectivity index is 3.13. The third kappa shape index (κ3) is 2.47. The molecule has 0 amide bonds. The van der Waals surface area contributed by atoms with E-state index in [0.29, 0.717) is 6.42 Å². The molecular weight excluding hydrogens is 194 g/mol. The lowest BCUT2D eigenvalue weighted by atomic mass is 9.75. The van der Waals surface area contributed by atoms with Gasteiger partial charge in [0.1, 0.15) is 11.5 Å². The number of allylic oxidation sites excluding steroid dienone is 4. The lowest BCUT2D eigenvalue weighted by Gasteiger charge is -2.34. The lowest BCUT2D eigenvalue weighted by molar-refractivity contribution is 0.153. The highest BCUT2D eigenvalue weighted by Crippen LogP contribution is 2.42. The normalized spacial score (nSPS) is 32.3. The second-order valence-electron chi connectivity index (χ2n) is 5.49. The Hall–Kier alpha value is -0.660. The van der Waals surface area contributed by atoms with Crippen molar-refractivity contribution < 1.29 is 8.78 Å². The van der Waals surface area contributed by atoms with Crippen molar-refractivity contribution in [2.75, 3.05) is 0 Å². The molecule has 0 bridgehead atoms. The topological polar surface area (TPSA) is 0 Å². The summed E-state index contributed by atoms with van der Waals surface area (Å²) in [6, 6.07) is 0. The SMILES string of the molecule is CCC1C(F)=CC(C(C)(C)C)=CC1(C)F. The maximum absolute atomic E-state index is 14.2. The van der Waals surface area contributed by atoms with Crippen LogP contribution in [0.4, 0.5) is 8.78 Å². The maximum Gasteiger partial charge on any atom is 0.136 e. The van der Waals surface area contributed by atoms with Gasteiger partial charge >= 0.3 is 0 Å². The van der Waals surface area contributed by atoms with Crippen molar-refractivity contribution in [3.63, 3.8) is 0 Å². The molecule has 0 fully saturated rings. The molecule has 2 atom stereocenters. The highest BCUT2D eigenvalue weighted by molar-refractivity contribution is 5.36. The van der Waals surface area contributed by atoms with Gasteiger partial charge in [-0.05, 0) is 36.5 Å². The number of alkyl halides is 1. The quantitative estimate of drug-likeness (QED) is 0.599. The van der Waals surface area contributed by atoms with E-state index in [4.69, 9.17) is 0 Å². The molecular formula is C13H20F2. The van der Waals surface area contributed by atoms with Gasteiger partial charge in [-0.15, -0.1) is 0 Å². The molecule has 15 heavy (non-hydrogen) atoms. The number of halogens is 2. The molecule has 0 aromatic rings. The third-order valence-electron chi connectivity index (χ3n) is 3.02. The van der Waals surface area contributed by atoms with Gasteiger partial charge in [-0.2, -0.15) is 0 Å². The molecule has 0 aliphatic heterocycles. The Morgan fingerprint density at radius 3 is 2.27 bits per heavy atom. The van der Waals surface area contributed by atoms with Crippen LogP contribution in [-0.2, 0) is 0 Å². The van der Waals surface area contributed by atoms with Crippen molar-refractivity contribution in [2.45, 2.75) is 46.7 Å². The molecule has 2 heteroatoms. The van der Waals surface area contributed by atoms with E-state index in [1.165, 1.54) is 13.0 Å². The Morgan fingerprint density at radius 1 is 1.40 bits per heavy atom. The van der Waals surface area contributed by atoms with Crippen molar-refractivity contribution in [3.8, 4) is 0 Å². The minimum Gasteiger partial charge on any atom is -0.239 e. The molecule has 86 valence electrons. The third-order valence-corrected chi connectivity index (χ3v) is 3.02. The average molecular weight is 214 g/mol. The van der Waals surface area contributed by atoms with Gasteiger partial charge in [-0.25, -0.2) is 8.78 Å². The van der Waals surface area contributed by atoms with Gasteiger partial charge in [0.05, 0.1) is 0 Å². The van der Waals surface area contributed by atoms with E-state index in [0.717, 1.165) is 5.57 Å². The molecule has 0 heterocycles. The summed E-state index contributed by atoms with van der Waals surface area (Å²) in [5, 5.41) is 0. The van der Waals surface area contributed by atoms with Gasteiger partial charge in [-0.3, -0.25) is 0 Å². The van der Waals surface area contributed by atoms with Crippen LogP contribution in [0.5, 0.6) is 0 Å². The zero-order valence-corrected chi connectivity index (χ0v) is 10.2. The Kier molecular flexibility index (Phi) is 3.09. The van der Waals surface area contributed by atoms with Crippen molar-refractivity contribution in [1.82, 2.24) is 0 Å². The van der Waals surface area contributed by atoms with E-state index in [9.17, 15) is 8.78 Å². The Labute approximate surface area is 91.1 Å². The van der Waals surface area contributed by atoms with E-state index in [1.807, 2.05) is 27.7 Å². The molecule has 0 saturated heterocycles. The predicted octanol–water partition coefficient (Wildman–Crippen LogP) is 4.58. The largest absolute Gasteiger partial charge is 0.239 e. The summed E-state index contributed by atoms with van der Waals surface area (Å²) in [6.07, 6.45) is 3.56. The van der Waals surface area contributed by atoms with Crippen molar-refractivity contribution in [2.24, 2.45) is 11.3 Å². The van der Waals surface area contributed by atoms with Gasteiger partial charge in [0.25, 0.3) is 0 Å². The Bertz CT molecular complexity index is 303. The fourth-order valence-electron chi connectivity index (χ4n) is 1.99. The highest BCUT2D eigenvalue weighted by Gasteiger charge is 2.39. The van der Waals surface area contributed by atoms with Gasteiger partial charge < -0.3 is 0 Å². The fraction of sp³-hybridized carbons (Fsp3) is 0.692. The molecule has 1 rings (SSSR count).